The van der Waals surface area contributed by atoms with E-state index in [1.807, 2.05) is 0 Å². The van der Waals surface area contributed by atoms with Gasteiger partial charge < -0.3 is 4.40 Å². The molecule has 12 rings (SSSR count). The Hall–Kier alpha value is -7.04. The summed E-state index contributed by atoms with van der Waals surface area (Å²) >= 11 is 0. The lowest BCUT2D eigenvalue weighted by molar-refractivity contribution is 1.02. The normalized spacial score (nSPS) is 12.2. The van der Waals surface area contributed by atoms with Crippen LogP contribution < -0.4 is 0 Å². The number of nitrogens with zero attached hydrogens (tertiary/aromatic N) is 4. The van der Waals surface area contributed by atoms with Gasteiger partial charge in [0.25, 0.3) is 0 Å². The van der Waals surface area contributed by atoms with Crippen LogP contribution >= 0.6 is 0 Å². The molecule has 0 aliphatic heterocycles. The van der Waals surface area contributed by atoms with Gasteiger partial charge in [0.2, 0.25) is 5.95 Å². The maximum absolute atomic E-state index is 5.36. The van der Waals surface area contributed by atoms with Crippen molar-refractivity contribution < 1.29 is 0 Å². The molecule has 4 aromatic heterocycles. The molecule has 240 valence electrons. The van der Waals surface area contributed by atoms with Gasteiger partial charge in [-0.05, 0) is 59.0 Å². The lowest BCUT2D eigenvalue weighted by atomic mass is 10.00. The summed E-state index contributed by atoms with van der Waals surface area (Å²) in [5.41, 5.74) is 11.3. The molecule has 0 amide bonds. The Labute approximate surface area is 297 Å². The van der Waals surface area contributed by atoms with E-state index in [9.17, 15) is 0 Å². The maximum atomic E-state index is 5.36. The summed E-state index contributed by atoms with van der Waals surface area (Å²) in [6.07, 6.45) is 0. The van der Waals surface area contributed by atoms with Crippen molar-refractivity contribution in [2.75, 3.05) is 0 Å². The van der Waals surface area contributed by atoms with Crippen molar-refractivity contribution in [2.24, 2.45) is 0 Å². The fourth-order valence-corrected chi connectivity index (χ4v) is 8.75. The first-order chi connectivity index (χ1) is 25.8. The highest BCUT2D eigenvalue weighted by Crippen LogP contribution is 2.41. The smallest absolute Gasteiger partial charge is 0.235 e. The van der Waals surface area contributed by atoms with E-state index in [1.165, 1.54) is 60.0 Å². The van der Waals surface area contributed by atoms with Crippen molar-refractivity contribution >= 4 is 81.6 Å². The predicted octanol–water partition coefficient (Wildman–Crippen LogP) is 12.4. The Bertz CT molecular complexity index is 3410. The van der Waals surface area contributed by atoms with Crippen molar-refractivity contribution in [1.29, 1.82) is 0 Å². The van der Waals surface area contributed by atoms with E-state index < -0.39 is 0 Å². The van der Waals surface area contributed by atoms with Gasteiger partial charge in [0.05, 0.1) is 38.8 Å². The SMILES string of the molecule is c1ccc(-c2nc(-n3c4ccccc4c4cc(-c5ccc6c(c5)c5cccc7c8ccccc8n6c75)ccc43)nc3c2ccc2ccccc23)cc1. The van der Waals surface area contributed by atoms with Crippen LogP contribution in [0.2, 0.25) is 0 Å². The van der Waals surface area contributed by atoms with Crippen LogP contribution in [0.25, 0.3) is 110 Å². The van der Waals surface area contributed by atoms with Crippen LogP contribution in [-0.2, 0) is 0 Å². The van der Waals surface area contributed by atoms with E-state index in [2.05, 4.69) is 179 Å². The Morgan fingerprint density at radius 3 is 1.73 bits per heavy atom. The molecular formula is C48H28N4. The average Bonchev–Trinajstić information content (AvgIpc) is 3.85. The molecule has 0 bridgehead atoms. The monoisotopic (exact) mass is 660 g/mol. The van der Waals surface area contributed by atoms with Crippen molar-refractivity contribution in [3.8, 4) is 28.3 Å². The topological polar surface area (TPSA) is 35.1 Å². The van der Waals surface area contributed by atoms with Crippen molar-refractivity contribution in [1.82, 2.24) is 18.9 Å². The van der Waals surface area contributed by atoms with Gasteiger partial charge in [-0.15, -0.1) is 0 Å². The molecule has 0 fully saturated rings. The van der Waals surface area contributed by atoms with Crippen molar-refractivity contribution in [2.45, 2.75) is 0 Å². The molecule has 4 heterocycles. The molecule has 0 spiro atoms. The highest BCUT2D eigenvalue weighted by molar-refractivity contribution is 6.23. The third-order valence-electron chi connectivity index (χ3n) is 11.1. The fraction of sp³-hybridized carbons (Fsp3) is 0. The van der Waals surface area contributed by atoms with Crippen molar-refractivity contribution in [3.63, 3.8) is 0 Å². The highest BCUT2D eigenvalue weighted by atomic mass is 15.2. The Kier molecular flexibility index (Phi) is 5.47. The molecule has 4 nitrogen and oxygen atoms in total. The molecule has 8 aromatic carbocycles. The largest absolute Gasteiger partial charge is 0.308 e. The second-order valence-electron chi connectivity index (χ2n) is 13.8. The lowest BCUT2D eigenvalue weighted by Crippen LogP contribution is -2.03. The molecule has 0 radical (unpaired) electrons. The third-order valence-corrected chi connectivity index (χ3v) is 11.1. The van der Waals surface area contributed by atoms with Gasteiger partial charge in [0.1, 0.15) is 0 Å². The summed E-state index contributed by atoms with van der Waals surface area (Å²) < 4.78 is 4.68. The quantitative estimate of drug-likeness (QED) is 0.177. The highest BCUT2D eigenvalue weighted by Gasteiger charge is 2.20. The minimum atomic E-state index is 0.668. The summed E-state index contributed by atoms with van der Waals surface area (Å²) in [4.78, 5) is 10.7. The number of hydrogen-bond donors (Lipinski definition) is 0. The van der Waals surface area contributed by atoms with Crippen LogP contribution in [0.3, 0.4) is 0 Å². The van der Waals surface area contributed by atoms with Crippen LogP contribution in [0.4, 0.5) is 0 Å². The summed E-state index contributed by atoms with van der Waals surface area (Å²) in [7, 11) is 0. The number of aromatic nitrogens is 4. The van der Waals surface area contributed by atoms with E-state index in [0.29, 0.717) is 5.95 Å². The first-order valence-corrected chi connectivity index (χ1v) is 17.8. The third kappa shape index (κ3) is 3.70. The van der Waals surface area contributed by atoms with Crippen LogP contribution in [0, 0.1) is 0 Å². The van der Waals surface area contributed by atoms with Gasteiger partial charge in [-0.25, -0.2) is 9.97 Å². The van der Waals surface area contributed by atoms with Gasteiger partial charge in [0.15, 0.2) is 0 Å². The number of benzene rings is 8. The molecule has 0 N–H and O–H groups in total. The summed E-state index contributed by atoms with van der Waals surface area (Å²) in [5, 5.41) is 10.9. The molecule has 0 unspecified atom stereocenters. The number of fused-ring (bicyclic) bond motifs is 12. The van der Waals surface area contributed by atoms with Gasteiger partial charge in [0, 0.05) is 48.7 Å². The summed E-state index contributed by atoms with van der Waals surface area (Å²) in [6.45, 7) is 0. The molecule has 12 aromatic rings. The van der Waals surface area contributed by atoms with E-state index in [4.69, 9.17) is 9.97 Å². The molecule has 0 saturated carbocycles. The first kappa shape index (κ1) is 27.7. The molecular weight excluding hydrogens is 633 g/mol. The standard InChI is InChI=1S/C48H28N4/c1-2-12-30(13-3-1)45-38-24-21-29-11-4-5-14-33(29)46(38)50-48(49-45)52-42-20-9-7-16-35(42)39-27-31(23-26-44(39)52)32-22-25-43-40(28-32)37-18-10-17-36-34-15-6-8-19-41(34)51(43)47(36)37/h1-28H. The predicted molar refractivity (Wildman–Crippen MR) is 217 cm³/mol. The Morgan fingerprint density at radius 1 is 0.346 bits per heavy atom. The van der Waals surface area contributed by atoms with Crippen LogP contribution in [0.15, 0.2) is 170 Å². The Balaban J connectivity index is 1.10. The molecule has 0 aliphatic rings. The number of hydrogen-bond acceptors (Lipinski definition) is 2. The zero-order valence-corrected chi connectivity index (χ0v) is 28.0. The van der Waals surface area contributed by atoms with Crippen LogP contribution in [0.1, 0.15) is 0 Å². The van der Waals surface area contributed by atoms with E-state index in [0.717, 1.165) is 44.0 Å². The second-order valence-corrected chi connectivity index (χ2v) is 13.8. The lowest BCUT2D eigenvalue weighted by Gasteiger charge is -2.13. The van der Waals surface area contributed by atoms with Gasteiger partial charge in [-0.3, -0.25) is 4.57 Å². The number of rotatable bonds is 3. The zero-order valence-electron chi connectivity index (χ0n) is 28.0. The fourth-order valence-electron chi connectivity index (χ4n) is 8.75. The van der Waals surface area contributed by atoms with E-state index in [-0.39, 0.29) is 0 Å². The van der Waals surface area contributed by atoms with Gasteiger partial charge in [-0.2, -0.15) is 0 Å². The van der Waals surface area contributed by atoms with Crippen LogP contribution in [-0.4, -0.2) is 18.9 Å². The van der Waals surface area contributed by atoms with Gasteiger partial charge in [-0.1, -0.05) is 127 Å². The Morgan fingerprint density at radius 2 is 0.923 bits per heavy atom. The molecule has 0 atom stereocenters. The maximum Gasteiger partial charge on any atom is 0.235 e. The van der Waals surface area contributed by atoms with Gasteiger partial charge >= 0.3 is 0 Å². The molecule has 4 heteroatoms. The summed E-state index contributed by atoms with van der Waals surface area (Å²) in [6, 6.07) is 61.1. The summed E-state index contributed by atoms with van der Waals surface area (Å²) in [5.74, 6) is 0.668. The van der Waals surface area contributed by atoms with Crippen LogP contribution in [0.5, 0.6) is 0 Å². The minimum Gasteiger partial charge on any atom is -0.308 e. The van der Waals surface area contributed by atoms with E-state index >= 15 is 0 Å². The molecule has 52 heavy (non-hydrogen) atoms. The minimum absolute atomic E-state index is 0.668. The van der Waals surface area contributed by atoms with Crippen molar-refractivity contribution in [3.05, 3.63) is 170 Å². The van der Waals surface area contributed by atoms with E-state index in [1.54, 1.807) is 0 Å². The zero-order chi connectivity index (χ0) is 33.9. The molecule has 0 aliphatic carbocycles. The average molecular weight is 661 g/mol. The number of para-hydroxylation sites is 3. The first-order valence-electron chi connectivity index (χ1n) is 17.8. The molecule has 0 saturated heterocycles. The second kappa shape index (κ2) is 10.3.